The van der Waals surface area contributed by atoms with Gasteiger partial charge in [-0.2, -0.15) is 5.10 Å². The second-order valence-electron chi connectivity index (χ2n) is 5.77. The average Bonchev–Trinajstić information content (AvgIpc) is 3.02. The van der Waals surface area contributed by atoms with E-state index in [2.05, 4.69) is 20.1 Å². The highest BCUT2D eigenvalue weighted by atomic mass is 16.1. The molecule has 21 heavy (non-hydrogen) atoms. The maximum atomic E-state index is 12.2. The molecule has 0 bridgehead atoms. The molecule has 3 rings (SSSR count). The van der Waals surface area contributed by atoms with Crippen LogP contribution in [0.3, 0.4) is 0 Å². The van der Waals surface area contributed by atoms with Crippen molar-refractivity contribution < 1.29 is 4.79 Å². The molecule has 0 saturated heterocycles. The molecule has 1 aliphatic carbocycles. The summed E-state index contributed by atoms with van der Waals surface area (Å²) in [4.78, 5) is 12.2. The van der Waals surface area contributed by atoms with E-state index in [1.54, 1.807) is 0 Å². The Morgan fingerprint density at radius 3 is 3.05 bits per heavy atom. The van der Waals surface area contributed by atoms with Crippen molar-refractivity contribution in [2.45, 2.75) is 45.1 Å². The van der Waals surface area contributed by atoms with Crippen LogP contribution in [0.25, 0.3) is 0 Å². The van der Waals surface area contributed by atoms with Crippen LogP contribution in [0.4, 0.5) is 0 Å². The van der Waals surface area contributed by atoms with Crippen LogP contribution >= 0.6 is 0 Å². The van der Waals surface area contributed by atoms with Gasteiger partial charge in [0.1, 0.15) is 5.69 Å². The fourth-order valence-corrected chi connectivity index (χ4v) is 2.77. The van der Waals surface area contributed by atoms with Gasteiger partial charge in [-0.25, -0.2) is 0 Å². The summed E-state index contributed by atoms with van der Waals surface area (Å²) in [6.45, 7) is 2.71. The van der Waals surface area contributed by atoms with Crippen molar-refractivity contribution in [3.05, 3.63) is 41.5 Å². The van der Waals surface area contributed by atoms with Gasteiger partial charge in [0.05, 0.1) is 6.20 Å². The first-order valence-electron chi connectivity index (χ1n) is 7.69. The Hall–Kier alpha value is -2.04. The van der Waals surface area contributed by atoms with Crippen LogP contribution in [-0.2, 0) is 6.42 Å². The third-order valence-electron chi connectivity index (χ3n) is 4.32. The van der Waals surface area contributed by atoms with Gasteiger partial charge in [0.25, 0.3) is 5.91 Å². The number of carbonyl (C=O) groups excluding carboxylic acids is 1. The minimum absolute atomic E-state index is 0.0378. The quantitative estimate of drug-likeness (QED) is 0.802. The molecule has 1 amide bonds. The zero-order valence-corrected chi connectivity index (χ0v) is 12.4. The fraction of sp³-hybridized carbons (Fsp3) is 0.500. The van der Waals surface area contributed by atoms with Crippen molar-refractivity contribution >= 4 is 5.91 Å². The number of hydrogen-bond donors (Lipinski definition) is 2. The maximum Gasteiger partial charge on any atom is 0.267 e. The summed E-state index contributed by atoms with van der Waals surface area (Å²) < 4.78 is 2.12. The molecular formula is C16H22N4O. The molecule has 2 aromatic heterocycles. The van der Waals surface area contributed by atoms with Gasteiger partial charge in [0, 0.05) is 24.5 Å². The average molecular weight is 286 g/mol. The highest BCUT2D eigenvalue weighted by molar-refractivity contribution is 5.92. The first-order valence-corrected chi connectivity index (χ1v) is 7.69. The van der Waals surface area contributed by atoms with Gasteiger partial charge in [0.15, 0.2) is 0 Å². The first-order chi connectivity index (χ1) is 10.3. The molecule has 2 aromatic rings. The smallest absolute Gasteiger partial charge is 0.267 e. The Bertz CT molecular complexity index is 609. The molecule has 112 valence electrons. The SMILES string of the molecule is Cc1[nH]ncc1CCCNC(=O)c1cccn1C1CCC1. The molecule has 0 atom stereocenters. The number of rotatable bonds is 6. The van der Waals surface area contributed by atoms with E-state index >= 15 is 0 Å². The second kappa shape index (κ2) is 6.16. The van der Waals surface area contributed by atoms with Gasteiger partial charge in [-0.15, -0.1) is 0 Å². The summed E-state index contributed by atoms with van der Waals surface area (Å²) in [7, 11) is 0. The largest absolute Gasteiger partial charge is 0.351 e. The monoisotopic (exact) mass is 286 g/mol. The molecule has 0 unspecified atom stereocenters. The Balaban J connectivity index is 1.48. The van der Waals surface area contributed by atoms with E-state index in [9.17, 15) is 4.79 Å². The molecule has 2 heterocycles. The fourth-order valence-electron chi connectivity index (χ4n) is 2.77. The highest BCUT2D eigenvalue weighted by Gasteiger charge is 2.22. The van der Waals surface area contributed by atoms with E-state index < -0.39 is 0 Å². The van der Waals surface area contributed by atoms with Crippen LogP contribution in [0, 0.1) is 6.92 Å². The topological polar surface area (TPSA) is 62.7 Å². The minimum atomic E-state index is 0.0378. The normalized spacial score (nSPS) is 14.9. The summed E-state index contributed by atoms with van der Waals surface area (Å²) in [5.74, 6) is 0.0378. The second-order valence-corrected chi connectivity index (χ2v) is 5.77. The molecule has 5 heteroatoms. The van der Waals surface area contributed by atoms with E-state index in [0.717, 1.165) is 24.2 Å². The summed E-state index contributed by atoms with van der Waals surface area (Å²) >= 11 is 0. The first kappa shape index (κ1) is 13.9. The number of hydrogen-bond acceptors (Lipinski definition) is 2. The molecular weight excluding hydrogens is 264 g/mol. The lowest BCUT2D eigenvalue weighted by atomic mass is 9.93. The molecule has 1 saturated carbocycles. The maximum absolute atomic E-state index is 12.2. The van der Waals surface area contributed by atoms with Crippen molar-refractivity contribution in [3.63, 3.8) is 0 Å². The lowest BCUT2D eigenvalue weighted by Crippen LogP contribution is -2.29. The van der Waals surface area contributed by atoms with Crippen molar-refractivity contribution in [2.24, 2.45) is 0 Å². The predicted octanol–water partition coefficient (Wildman–Crippen LogP) is 2.61. The number of aryl methyl sites for hydroxylation is 2. The van der Waals surface area contributed by atoms with Crippen LogP contribution in [0.1, 0.15) is 53.5 Å². The van der Waals surface area contributed by atoms with Gasteiger partial charge in [-0.1, -0.05) is 0 Å². The van der Waals surface area contributed by atoms with Gasteiger partial charge >= 0.3 is 0 Å². The number of aromatic amines is 1. The number of nitrogens with zero attached hydrogens (tertiary/aromatic N) is 2. The van der Waals surface area contributed by atoms with Crippen LogP contribution in [0.2, 0.25) is 0 Å². The lowest BCUT2D eigenvalue weighted by molar-refractivity contribution is 0.0938. The summed E-state index contributed by atoms with van der Waals surface area (Å²) in [6.07, 6.45) is 9.40. The number of carbonyl (C=O) groups is 1. The van der Waals surface area contributed by atoms with Crippen molar-refractivity contribution in [2.75, 3.05) is 6.54 Å². The standard InChI is InChI=1S/C16H22N4O/c1-12-13(11-18-19-12)5-3-9-17-16(21)15-8-4-10-20(15)14-6-2-7-14/h4,8,10-11,14H,2-3,5-7,9H2,1H3,(H,17,21)(H,18,19). The zero-order valence-electron chi connectivity index (χ0n) is 12.4. The van der Waals surface area contributed by atoms with Crippen molar-refractivity contribution in [1.82, 2.24) is 20.1 Å². The number of H-pyrrole nitrogens is 1. The molecule has 0 spiro atoms. The predicted molar refractivity (Wildman–Crippen MR) is 81.3 cm³/mol. The van der Waals surface area contributed by atoms with Gasteiger partial charge in [0.2, 0.25) is 0 Å². The lowest BCUT2D eigenvalue weighted by Gasteiger charge is -2.28. The van der Waals surface area contributed by atoms with E-state index in [0.29, 0.717) is 12.6 Å². The third-order valence-corrected chi connectivity index (χ3v) is 4.32. The number of aromatic nitrogens is 3. The minimum Gasteiger partial charge on any atom is -0.351 e. The highest BCUT2D eigenvalue weighted by Crippen LogP contribution is 2.32. The number of amides is 1. The Kier molecular flexibility index (Phi) is 4.08. The molecule has 1 aliphatic rings. The van der Waals surface area contributed by atoms with Gasteiger partial charge in [-0.05, 0) is 56.7 Å². The van der Waals surface area contributed by atoms with Crippen LogP contribution in [0.5, 0.6) is 0 Å². The molecule has 0 aromatic carbocycles. The molecule has 2 N–H and O–H groups in total. The Morgan fingerprint density at radius 1 is 1.52 bits per heavy atom. The summed E-state index contributed by atoms with van der Waals surface area (Å²) in [5.41, 5.74) is 3.13. The Labute approximate surface area is 124 Å². The molecule has 0 aliphatic heterocycles. The van der Waals surface area contributed by atoms with Crippen LogP contribution in [0.15, 0.2) is 24.5 Å². The van der Waals surface area contributed by atoms with Crippen LogP contribution < -0.4 is 5.32 Å². The summed E-state index contributed by atoms with van der Waals surface area (Å²) in [5, 5.41) is 9.96. The van der Waals surface area contributed by atoms with Crippen molar-refractivity contribution in [1.29, 1.82) is 0 Å². The third kappa shape index (κ3) is 3.01. The van der Waals surface area contributed by atoms with E-state index in [1.165, 1.54) is 24.8 Å². The van der Waals surface area contributed by atoms with E-state index in [1.807, 2.05) is 31.5 Å². The van der Waals surface area contributed by atoms with Crippen LogP contribution in [-0.4, -0.2) is 27.2 Å². The molecule has 1 fully saturated rings. The molecule has 5 nitrogen and oxygen atoms in total. The van der Waals surface area contributed by atoms with E-state index in [4.69, 9.17) is 0 Å². The van der Waals surface area contributed by atoms with Gasteiger partial charge in [-0.3, -0.25) is 9.89 Å². The Morgan fingerprint density at radius 2 is 2.38 bits per heavy atom. The van der Waals surface area contributed by atoms with Crippen molar-refractivity contribution in [3.8, 4) is 0 Å². The number of nitrogens with one attached hydrogen (secondary N) is 2. The molecule has 0 radical (unpaired) electrons. The summed E-state index contributed by atoms with van der Waals surface area (Å²) in [6, 6.07) is 4.39. The zero-order chi connectivity index (χ0) is 14.7. The van der Waals surface area contributed by atoms with Gasteiger partial charge < -0.3 is 9.88 Å². The van der Waals surface area contributed by atoms with E-state index in [-0.39, 0.29) is 5.91 Å².